The molecule has 96 valence electrons. The van der Waals surface area contributed by atoms with Gasteiger partial charge >= 0.3 is 0 Å². The van der Waals surface area contributed by atoms with E-state index in [1.165, 1.54) is 12.8 Å². The lowest BCUT2D eigenvalue weighted by atomic mass is 9.97. The lowest BCUT2D eigenvalue weighted by Crippen LogP contribution is -2.40. The van der Waals surface area contributed by atoms with Gasteiger partial charge in [-0.2, -0.15) is 0 Å². The Morgan fingerprint density at radius 3 is 2.65 bits per heavy atom. The van der Waals surface area contributed by atoms with E-state index in [9.17, 15) is 4.79 Å². The first-order chi connectivity index (χ1) is 8.20. The lowest BCUT2D eigenvalue weighted by Gasteiger charge is -2.34. The predicted octanol–water partition coefficient (Wildman–Crippen LogP) is 1.97. The number of rotatable bonds is 2. The van der Waals surface area contributed by atoms with Gasteiger partial charge in [0.05, 0.1) is 0 Å². The van der Waals surface area contributed by atoms with Gasteiger partial charge < -0.3 is 9.80 Å². The number of hydrogen-bond acceptors (Lipinski definition) is 3. The van der Waals surface area contributed by atoms with Crippen LogP contribution >= 0.6 is 24.0 Å². The van der Waals surface area contributed by atoms with Gasteiger partial charge in [0, 0.05) is 32.6 Å². The van der Waals surface area contributed by atoms with Gasteiger partial charge in [0.25, 0.3) is 0 Å². The normalized spacial score (nSPS) is 22.3. The van der Waals surface area contributed by atoms with Crippen LogP contribution in [0.2, 0.25) is 0 Å². The minimum Gasteiger partial charge on any atom is -0.358 e. The summed E-state index contributed by atoms with van der Waals surface area (Å²) in [6.07, 6.45) is 6.19. The molecule has 0 spiro atoms. The third kappa shape index (κ3) is 3.35. The Bertz CT molecular complexity index is 301. The maximum Gasteiger partial charge on any atom is 0.222 e. The van der Waals surface area contributed by atoms with Gasteiger partial charge in [0.2, 0.25) is 5.91 Å². The van der Waals surface area contributed by atoms with Crippen molar-refractivity contribution in [3.63, 3.8) is 0 Å². The van der Waals surface area contributed by atoms with Crippen molar-refractivity contribution in [1.29, 1.82) is 0 Å². The number of likely N-dealkylation sites (tertiary alicyclic amines) is 2. The summed E-state index contributed by atoms with van der Waals surface area (Å²) >= 11 is 6.96. The standard InChI is InChI=1S/C12H20N2OS2/c1-17-12(16)13-7-4-10(5-8-13)9-14-6-2-3-11(14)15/h10H,2-9H2,1H3. The summed E-state index contributed by atoms with van der Waals surface area (Å²) in [5.41, 5.74) is 0. The molecule has 5 heteroatoms. The Kier molecular flexibility index (Phi) is 4.68. The zero-order valence-corrected chi connectivity index (χ0v) is 12.0. The van der Waals surface area contributed by atoms with Crippen LogP contribution < -0.4 is 0 Å². The highest BCUT2D eigenvalue weighted by atomic mass is 32.2. The first-order valence-corrected chi connectivity index (χ1v) is 7.94. The van der Waals surface area contributed by atoms with Crippen molar-refractivity contribution in [2.75, 3.05) is 32.4 Å². The van der Waals surface area contributed by atoms with Gasteiger partial charge in [0.1, 0.15) is 4.32 Å². The van der Waals surface area contributed by atoms with Crippen molar-refractivity contribution in [1.82, 2.24) is 9.80 Å². The van der Waals surface area contributed by atoms with E-state index in [1.807, 2.05) is 11.2 Å². The zero-order chi connectivity index (χ0) is 12.3. The van der Waals surface area contributed by atoms with E-state index in [4.69, 9.17) is 12.2 Å². The molecule has 0 atom stereocenters. The highest BCUT2D eigenvalue weighted by Crippen LogP contribution is 2.22. The molecule has 2 aliphatic rings. The maximum absolute atomic E-state index is 11.6. The minimum atomic E-state index is 0.354. The first kappa shape index (κ1) is 13.1. The second-order valence-corrected chi connectivity index (χ2v) is 6.28. The van der Waals surface area contributed by atoms with Gasteiger partial charge in [-0.1, -0.05) is 12.2 Å². The largest absolute Gasteiger partial charge is 0.358 e. The Hall–Kier alpha value is -0.290. The number of piperidine rings is 1. The molecule has 2 fully saturated rings. The van der Waals surface area contributed by atoms with Crippen LogP contribution in [-0.2, 0) is 4.79 Å². The maximum atomic E-state index is 11.6. The fourth-order valence-electron chi connectivity index (χ4n) is 2.64. The van der Waals surface area contributed by atoms with Gasteiger partial charge in [-0.25, -0.2) is 0 Å². The van der Waals surface area contributed by atoms with Crippen LogP contribution in [0.25, 0.3) is 0 Å². The Morgan fingerprint density at radius 1 is 1.41 bits per heavy atom. The molecular weight excluding hydrogens is 252 g/mol. The van der Waals surface area contributed by atoms with E-state index < -0.39 is 0 Å². The number of nitrogens with zero attached hydrogens (tertiary/aromatic N) is 2. The molecule has 0 aromatic heterocycles. The van der Waals surface area contributed by atoms with Crippen molar-refractivity contribution < 1.29 is 4.79 Å². The fraction of sp³-hybridized carbons (Fsp3) is 0.833. The van der Waals surface area contributed by atoms with Gasteiger partial charge in [-0.15, -0.1) is 11.8 Å². The average molecular weight is 272 g/mol. The van der Waals surface area contributed by atoms with Crippen molar-refractivity contribution in [3.8, 4) is 0 Å². The molecule has 0 radical (unpaired) electrons. The molecular formula is C12H20N2OS2. The molecule has 2 rings (SSSR count). The summed E-state index contributed by atoms with van der Waals surface area (Å²) in [6, 6.07) is 0. The number of carbonyl (C=O) groups is 1. The van der Waals surface area contributed by atoms with E-state index in [0.29, 0.717) is 11.8 Å². The third-order valence-corrected chi connectivity index (χ3v) is 5.06. The molecule has 2 saturated heterocycles. The highest BCUT2D eigenvalue weighted by molar-refractivity contribution is 8.22. The summed E-state index contributed by atoms with van der Waals surface area (Å²) in [7, 11) is 0. The van der Waals surface area contributed by atoms with Crippen LogP contribution in [0.3, 0.4) is 0 Å². The Morgan fingerprint density at radius 2 is 2.12 bits per heavy atom. The van der Waals surface area contributed by atoms with E-state index in [0.717, 1.165) is 43.3 Å². The zero-order valence-electron chi connectivity index (χ0n) is 10.4. The van der Waals surface area contributed by atoms with Gasteiger partial charge in [-0.05, 0) is 31.4 Å². The number of thioether (sulfide) groups is 1. The molecule has 0 aliphatic carbocycles. The van der Waals surface area contributed by atoms with Gasteiger partial charge in [0.15, 0.2) is 0 Å². The second-order valence-electron chi connectivity index (χ2n) is 4.84. The monoisotopic (exact) mass is 272 g/mol. The SMILES string of the molecule is CSC(=S)N1CCC(CN2CCCC2=O)CC1. The molecule has 1 amide bonds. The highest BCUT2D eigenvalue weighted by Gasteiger charge is 2.26. The van der Waals surface area contributed by atoms with Crippen molar-refractivity contribution in [2.24, 2.45) is 5.92 Å². The summed E-state index contributed by atoms with van der Waals surface area (Å²) < 4.78 is 1.01. The molecule has 17 heavy (non-hydrogen) atoms. The molecule has 0 N–H and O–H groups in total. The quantitative estimate of drug-likeness (QED) is 0.717. The smallest absolute Gasteiger partial charge is 0.222 e. The van der Waals surface area contributed by atoms with Crippen LogP contribution in [0, 0.1) is 5.92 Å². The minimum absolute atomic E-state index is 0.354. The van der Waals surface area contributed by atoms with Crippen molar-refractivity contribution in [2.45, 2.75) is 25.7 Å². The third-order valence-electron chi connectivity index (χ3n) is 3.70. The van der Waals surface area contributed by atoms with E-state index in [1.54, 1.807) is 11.8 Å². The van der Waals surface area contributed by atoms with Crippen LogP contribution in [0.5, 0.6) is 0 Å². The topological polar surface area (TPSA) is 23.6 Å². The molecule has 2 heterocycles. The number of hydrogen-bond donors (Lipinski definition) is 0. The number of carbonyl (C=O) groups excluding carboxylic acids is 1. The van der Waals surface area contributed by atoms with Crippen LogP contribution in [0.15, 0.2) is 0 Å². The lowest BCUT2D eigenvalue weighted by molar-refractivity contribution is -0.128. The van der Waals surface area contributed by atoms with Crippen molar-refractivity contribution >= 4 is 34.2 Å². The summed E-state index contributed by atoms with van der Waals surface area (Å²) in [6.45, 7) is 4.07. The van der Waals surface area contributed by atoms with Crippen molar-refractivity contribution in [3.05, 3.63) is 0 Å². The van der Waals surface area contributed by atoms with Crippen LogP contribution in [0.4, 0.5) is 0 Å². The van der Waals surface area contributed by atoms with Crippen LogP contribution in [0.1, 0.15) is 25.7 Å². The number of thiocarbonyl (C=S) groups is 1. The van der Waals surface area contributed by atoms with E-state index in [2.05, 4.69) is 4.90 Å². The van der Waals surface area contributed by atoms with Crippen LogP contribution in [-0.4, -0.2) is 52.5 Å². The molecule has 0 aromatic rings. The molecule has 0 unspecified atom stereocenters. The summed E-state index contributed by atoms with van der Waals surface area (Å²) in [5.74, 6) is 1.03. The fourth-order valence-corrected chi connectivity index (χ4v) is 3.26. The average Bonchev–Trinajstić information content (AvgIpc) is 2.75. The number of amides is 1. The Balaban J connectivity index is 1.75. The molecule has 3 nitrogen and oxygen atoms in total. The van der Waals surface area contributed by atoms with Gasteiger partial charge in [-0.3, -0.25) is 4.79 Å². The second kappa shape index (κ2) is 6.05. The molecule has 0 saturated carbocycles. The Labute approximate surface area is 113 Å². The summed E-state index contributed by atoms with van der Waals surface area (Å²) in [5, 5.41) is 0. The van der Waals surface area contributed by atoms with E-state index >= 15 is 0 Å². The predicted molar refractivity (Wildman–Crippen MR) is 76.2 cm³/mol. The summed E-state index contributed by atoms with van der Waals surface area (Å²) in [4.78, 5) is 15.9. The first-order valence-electron chi connectivity index (χ1n) is 6.31. The molecule has 0 bridgehead atoms. The molecule has 0 aromatic carbocycles. The van der Waals surface area contributed by atoms with E-state index in [-0.39, 0.29) is 0 Å². The molecule has 2 aliphatic heterocycles.